The van der Waals surface area contributed by atoms with Crippen LogP contribution < -0.4 is 10.5 Å². The van der Waals surface area contributed by atoms with Gasteiger partial charge in [-0.3, -0.25) is 0 Å². The minimum atomic E-state index is 0.235. The van der Waals surface area contributed by atoms with Crippen molar-refractivity contribution in [2.45, 2.75) is 57.6 Å². The fourth-order valence-electron chi connectivity index (χ4n) is 2.64. The monoisotopic (exact) mass is 233 g/mol. The Bertz CT molecular complexity index is 362. The minimum Gasteiger partial charge on any atom is -0.491 e. The number of ether oxygens (including phenoxy) is 1. The maximum Gasteiger partial charge on any atom is 0.119 e. The van der Waals surface area contributed by atoms with Gasteiger partial charge in [-0.05, 0) is 56.7 Å². The summed E-state index contributed by atoms with van der Waals surface area (Å²) in [5, 5.41) is 0. The number of benzene rings is 1. The first-order valence-electron chi connectivity index (χ1n) is 6.67. The molecule has 0 radical (unpaired) electrons. The molecule has 1 aromatic carbocycles. The van der Waals surface area contributed by atoms with Gasteiger partial charge in [-0.15, -0.1) is 0 Å². The second-order valence-electron chi connectivity index (χ2n) is 5.36. The summed E-state index contributed by atoms with van der Waals surface area (Å²) >= 11 is 0. The quantitative estimate of drug-likeness (QED) is 0.867. The summed E-state index contributed by atoms with van der Waals surface area (Å²) in [6, 6.07) is 8.89. The summed E-state index contributed by atoms with van der Waals surface area (Å²) in [7, 11) is 0. The Morgan fingerprint density at radius 2 is 2.12 bits per heavy atom. The Hall–Kier alpha value is -1.02. The molecule has 2 nitrogen and oxygen atoms in total. The molecule has 94 valence electrons. The third kappa shape index (κ3) is 3.47. The lowest BCUT2D eigenvalue weighted by Crippen LogP contribution is -2.26. The highest BCUT2D eigenvalue weighted by Crippen LogP contribution is 2.33. The highest BCUT2D eigenvalue weighted by Gasteiger charge is 2.20. The maximum absolute atomic E-state index is 6.05. The lowest BCUT2D eigenvalue weighted by atomic mass is 9.82. The molecule has 2 N–H and O–H groups in total. The lowest BCUT2D eigenvalue weighted by Gasteiger charge is -2.27. The predicted octanol–water partition coefficient (Wildman–Crippen LogP) is 3.46. The zero-order valence-corrected chi connectivity index (χ0v) is 10.9. The molecular weight excluding hydrogens is 210 g/mol. The molecule has 17 heavy (non-hydrogen) atoms. The fourth-order valence-corrected chi connectivity index (χ4v) is 2.64. The van der Waals surface area contributed by atoms with E-state index in [-0.39, 0.29) is 6.10 Å². The van der Waals surface area contributed by atoms with Crippen molar-refractivity contribution >= 4 is 0 Å². The van der Waals surface area contributed by atoms with Crippen LogP contribution in [0.4, 0.5) is 0 Å². The number of hydrogen-bond donors (Lipinski definition) is 1. The fraction of sp³-hybridized carbons (Fsp3) is 0.600. The van der Waals surface area contributed by atoms with Gasteiger partial charge in [0, 0.05) is 6.04 Å². The molecule has 0 aliphatic heterocycles. The molecule has 2 rings (SSSR count). The van der Waals surface area contributed by atoms with Gasteiger partial charge in [0.05, 0.1) is 6.10 Å². The third-order valence-corrected chi connectivity index (χ3v) is 3.42. The van der Waals surface area contributed by atoms with E-state index < -0.39 is 0 Å². The van der Waals surface area contributed by atoms with Crippen LogP contribution in [0, 0.1) is 0 Å². The van der Waals surface area contributed by atoms with Gasteiger partial charge in [0.25, 0.3) is 0 Å². The van der Waals surface area contributed by atoms with Crippen molar-refractivity contribution in [3.63, 3.8) is 0 Å². The van der Waals surface area contributed by atoms with Crippen molar-refractivity contribution in [2.24, 2.45) is 5.73 Å². The van der Waals surface area contributed by atoms with E-state index in [2.05, 4.69) is 32.0 Å². The molecule has 0 amide bonds. The van der Waals surface area contributed by atoms with Crippen molar-refractivity contribution in [1.82, 2.24) is 0 Å². The molecule has 1 saturated carbocycles. The highest BCUT2D eigenvalue weighted by molar-refractivity contribution is 5.31. The zero-order valence-electron chi connectivity index (χ0n) is 10.9. The van der Waals surface area contributed by atoms with Crippen LogP contribution in [0.1, 0.15) is 51.0 Å². The second kappa shape index (κ2) is 5.54. The predicted molar refractivity (Wildman–Crippen MR) is 71.4 cm³/mol. The Balaban J connectivity index is 2.09. The minimum absolute atomic E-state index is 0.235. The topological polar surface area (TPSA) is 35.2 Å². The van der Waals surface area contributed by atoms with E-state index in [1.807, 2.05) is 6.07 Å². The molecule has 0 heterocycles. The summed E-state index contributed by atoms with van der Waals surface area (Å²) in [5.74, 6) is 1.60. The molecule has 2 unspecified atom stereocenters. The smallest absolute Gasteiger partial charge is 0.119 e. The average molecular weight is 233 g/mol. The molecular formula is C15H23NO. The van der Waals surface area contributed by atoms with Gasteiger partial charge in [0.1, 0.15) is 5.75 Å². The van der Waals surface area contributed by atoms with Crippen LogP contribution in [0.25, 0.3) is 0 Å². The van der Waals surface area contributed by atoms with Crippen LogP contribution in [-0.4, -0.2) is 12.1 Å². The van der Waals surface area contributed by atoms with E-state index >= 15 is 0 Å². The normalized spacial score (nSPS) is 24.9. The van der Waals surface area contributed by atoms with Crippen molar-refractivity contribution in [3.8, 4) is 5.75 Å². The summed E-state index contributed by atoms with van der Waals surface area (Å²) in [4.78, 5) is 0. The van der Waals surface area contributed by atoms with Gasteiger partial charge in [0.15, 0.2) is 0 Å². The van der Waals surface area contributed by atoms with Gasteiger partial charge in [-0.1, -0.05) is 18.6 Å². The van der Waals surface area contributed by atoms with Crippen LogP contribution in [0.2, 0.25) is 0 Å². The van der Waals surface area contributed by atoms with Crippen molar-refractivity contribution in [3.05, 3.63) is 29.8 Å². The van der Waals surface area contributed by atoms with Crippen LogP contribution in [0.15, 0.2) is 24.3 Å². The molecule has 2 atom stereocenters. The molecule has 2 heteroatoms. The molecule has 0 spiro atoms. The van der Waals surface area contributed by atoms with E-state index in [1.165, 1.54) is 24.8 Å². The van der Waals surface area contributed by atoms with Crippen molar-refractivity contribution in [2.75, 3.05) is 0 Å². The third-order valence-electron chi connectivity index (χ3n) is 3.42. The standard InChI is InChI=1S/C15H23NO/c1-11(2)17-15-8-4-6-13(10-15)12-5-3-7-14(16)9-12/h4,6,8,10-12,14H,3,5,7,9,16H2,1-2H3. The average Bonchev–Trinajstić information content (AvgIpc) is 2.28. The Labute approximate surface area is 104 Å². The molecule has 1 aliphatic rings. The largest absolute Gasteiger partial charge is 0.491 e. The lowest BCUT2D eigenvalue weighted by molar-refractivity contribution is 0.242. The molecule has 1 aliphatic carbocycles. The zero-order chi connectivity index (χ0) is 12.3. The van der Waals surface area contributed by atoms with E-state index in [9.17, 15) is 0 Å². The van der Waals surface area contributed by atoms with E-state index in [0.717, 1.165) is 12.2 Å². The Morgan fingerprint density at radius 3 is 2.82 bits per heavy atom. The van der Waals surface area contributed by atoms with Gasteiger partial charge in [-0.25, -0.2) is 0 Å². The molecule has 1 fully saturated rings. The van der Waals surface area contributed by atoms with Crippen molar-refractivity contribution in [1.29, 1.82) is 0 Å². The second-order valence-corrected chi connectivity index (χ2v) is 5.36. The Kier molecular flexibility index (Phi) is 4.06. The first-order valence-corrected chi connectivity index (χ1v) is 6.67. The SMILES string of the molecule is CC(C)Oc1cccc(C2CCCC(N)C2)c1. The van der Waals surface area contributed by atoms with Gasteiger partial charge < -0.3 is 10.5 Å². The van der Waals surface area contributed by atoms with E-state index in [0.29, 0.717) is 12.0 Å². The number of hydrogen-bond acceptors (Lipinski definition) is 2. The highest BCUT2D eigenvalue weighted by atomic mass is 16.5. The summed E-state index contributed by atoms with van der Waals surface area (Å²) < 4.78 is 5.74. The summed E-state index contributed by atoms with van der Waals surface area (Å²) in [6.45, 7) is 4.12. The number of rotatable bonds is 3. The van der Waals surface area contributed by atoms with Crippen LogP contribution in [0.5, 0.6) is 5.75 Å². The van der Waals surface area contributed by atoms with E-state index in [1.54, 1.807) is 0 Å². The van der Waals surface area contributed by atoms with Crippen LogP contribution in [-0.2, 0) is 0 Å². The molecule has 0 bridgehead atoms. The van der Waals surface area contributed by atoms with E-state index in [4.69, 9.17) is 10.5 Å². The first-order chi connectivity index (χ1) is 8.15. The molecule has 1 aromatic rings. The van der Waals surface area contributed by atoms with Crippen molar-refractivity contribution < 1.29 is 4.74 Å². The van der Waals surface area contributed by atoms with Gasteiger partial charge in [0.2, 0.25) is 0 Å². The molecule has 0 saturated heterocycles. The number of nitrogens with two attached hydrogens (primary N) is 1. The summed E-state index contributed by atoms with van der Waals surface area (Å²) in [5.41, 5.74) is 7.44. The van der Waals surface area contributed by atoms with Crippen LogP contribution in [0.3, 0.4) is 0 Å². The molecule has 0 aromatic heterocycles. The maximum atomic E-state index is 6.05. The van der Waals surface area contributed by atoms with Crippen LogP contribution >= 0.6 is 0 Å². The first kappa shape index (κ1) is 12.4. The summed E-state index contributed by atoms with van der Waals surface area (Å²) in [6.07, 6.45) is 5.04. The van der Waals surface area contributed by atoms with Gasteiger partial charge in [-0.2, -0.15) is 0 Å². The Morgan fingerprint density at radius 1 is 1.29 bits per heavy atom. The van der Waals surface area contributed by atoms with Gasteiger partial charge >= 0.3 is 0 Å².